The molecule has 1 amide bonds. The van der Waals surface area contributed by atoms with Crippen molar-refractivity contribution < 1.29 is 9.53 Å². The fourth-order valence-corrected chi connectivity index (χ4v) is 2.61. The predicted molar refractivity (Wildman–Crippen MR) is 80.9 cm³/mol. The average molecular weight is 298 g/mol. The molecule has 0 aromatic heterocycles. The number of morpholine rings is 1. The second kappa shape index (κ2) is 6.43. The summed E-state index contributed by atoms with van der Waals surface area (Å²) in [5.74, 6) is -0.0983. The second-order valence-electron chi connectivity index (χ2n) is 5.24. The van der Waals surface area contributed by atoms with E-state index in [1.165, 1.54) is 0 Å². The van der Waals surface area contributed by atoms with Crippen molar-refractivity contribution in [2.75, 3.05) is 30.7 Å². The molecule has 1 heterocycles. The van der Waals surface area contributed by atoms with Crippen molar-refractivity contribution in [3.63, 3.8) is 0 Å². The first-order valence-electron chi connectivity index (χ1n) is 6.66. The van der Waals surface area contributed by atoms with Crippen LogP contribution in [-0.4, -0.2) is 42.6 Å². The fraction of sp³-hybridized carbons (Fsp3) is 0.500. The average Bonchev–Trinajstić information content (AvgIpc) is 2.32. The quantitative estimate of drug-likeness (QED) is 0.837. The Labute approximate surface area is 124 Å². The van der Waals surface area contributed by atoms with Crippen molar-refractivity contribution in [1.82, 2.24) is 4.90 Å². The zero-order chi connectivity index (χ0) is 14.7. The number of nitrogens with zero attached hydrogens (tertiary/aromatic N) is 1. The van der Waals surface area contributed by atoms with E-state index in [-0.39, 0.29) is 18.1 Å². The Bertz CT molecular complexity index is 485. The molecule has 1 aliphatic rings. The third-order valence-corrected chi connectivity index (χ3v) is 3.46. The number of benzene rings is 1. The summed E-state index contributed by atoms with van der Waals surface area (Å²) in [5, 5.41) is 3.28. The first-order valence-corrected chi connectivity index (χ1v) is 7.04. The van der Waals surface area contributed by atoms with Crippen LogP contribution in [0.2, 0.25) is 5.02 Å². The molecule has 0 saturated carbocycles. The number of hydrogen-bond acceptors (Lipinski definition) is 4. The molecule has 1 aromatic carbocycles. The highest BCUT2D eigenvalue weighted by Crippen LogP contribution is 2.24. The largest absolute Gasteiger partial charge is 0.399 e. The van der Waals surface area contributed by atoms with Gasteiger partial charge < -0.3 is 15.8 Å². The van der Waals surface area contributed by atoms with Crippen molar-refractivity contribution in [3.05, 3.63) is 23.2 Å². The van der Waals surface area contributed by atoms with Crippen LogP contribution in [0.5, 0.6) is 0 Å². The Morgan fingerprint density at radius 3 is 2.75 bits per heavy atom. The van der Waals surface area contributed by atoms with Crippen molar-refractivity contribution in [2.24, 2.45) is 0 Å². The van der Waals surface area contributed by atoms with Crippen LogP contribution in [0.15, 0.2) is 18.2 Å². The maximum absolute atomic E-state index is 12.1. The van der Waals surface area contributed by atoms with Crippen LogP contribution in [0, 0.1) is 0 Å². The van der Waals surface area contributed by atoms with Gasteiger partial charge in [-0.3, -0.25) is 9.69 Å². The number of carbonyl (C=O) groups is 1. The fourth-order valence-electron chi connectivity index (χ4n) is 2.44. The van der Waals surface area contributed by atoms with E-state index in [1.54, 1.807) is 18.2 Å². The highest BCUT2D eigenvalue weighted by molar-refractivity contribution is 6.33. The molecule has 5 nitrogen and oxygen atoms in total. The van der Waals surface area contributed by atoms with Gasteiger partial charge in [0.15, 0.2) is 0 Å². The minimum atomic E-state index is -0.0983. The van der Waals surface area contributed by atoms with Gasteiger partial charge in [0.1, 0.15) is 0 Å². The normalized spacial score (nSPS) is 23.6. The van der Waals surface area contributed by atoms with E-state index in [4.69, 9.17) is 22.1 Å². The third-order valence-electron chi connectivity index (χ3n) is 3.13. The third kappa shape index (κ3) is 4.10. The van der Waals surface area contributed by atoms with Crippen molar-refractivity contribution in [1.29, 1.82) is 0 Å². The molecule has 1 fully saturated rings. The van der Waals surface area contributed by atoms with Gasteiger partial charge in [-0.05, 0) is 32.0 Å². The summed E-state index contributed by atoms with van der Waals surface area (Å²) in [4.78, 5) is 14.1. The van der Waals surface area contributed by atoms with Gasteiger partial charge in [-0.25, -0.2) is 0 Å². The highest BCUT2D eigenvalue weighted by Gasteiger charge is 2.23. The minimum absolute atomic E-state index is 0.0983. The minimum Gasteiger partial charge on any atom is -0.399 e. The van der Waals surface area contributed by atoms with Crippen molar-refractivity contribution >= 4 is 28.9 Å². The van der Waals surface area contributed by atoms with Crippen molar-refractivity contribution in [3.8, 4) is 0 Å². The predicted octanol–water partition coefficient (Wildman–Crippen LogP) is 1.97. The maximum Gasteiger partial charge on any atom is 0.238 e. The van der Waals surface area contributed by atoms with Gasteiger partial charge in [0.25, 0.3) is 0 Å². The molecule has 6 heteroatoms. The summed E-state index contributed by atoms with van der Waals surface area (Å²) in [7, 11) is 0. The zero-order valence-corrected chi connectivity index (χ0v) is 12.5. The molecule has 2 rings (SSSR count). The molecule has 110 valence electrons. The van der Waals surface area contributed by atoms with E-state index in [0.717, 1.165) is 13.1 Å². The number of nitrogens with one attached hydrogen (secondary N) is 1. The van der Waals surface area contributed by atoms with E-state index in [0.29, 0.717) is 22.9 Å². The van der Waals surface area contributed by atoms with E-state index in [2.05, 4.69) is 10.2 Å². The number of anilines is 2. The molecule has 0 radical (unpaired) electrons. The molecule has 20 heavy (non-hydrogen) atoms. The first-order chi connectivity index (χ1) is 9.44. The molecule has 2 unspecified atom stereocenters. The number of halogens is 1. The number of rotatable bonds is 3. The van der Waals surface area contributed by atoms with Gasteiger partial charge in [0, 0.05) is 18.8 Å². The Balaban J connectivity index is 1.93. The summed E-state index contributed by atoms with van der Waals surface area (Å²) in [6.07, 6.45) is 0.282. The Morgan fingerprint density at radius 1 is 1.45 bits per heavy atom. The van der Waals surface area contributed by atoms with Gasteiger partial charge >= 0.3 is 0 Å². The second-order valence-corrected chi connectivity index (χ2v) is 5.65. The summed E-state index contributed by atoms with van der Waals surface area (Å²) >= 11 is 6.03. The molecule has 1 aromatic rings. The van der Waals surface area contributed by atoms with Crippen LogP contribution in [0.4, 0.5) is 11.4 Å². The molecule has 1 saturated heterocycles. The summed E-state index contributed by atoms with van der Waals surface area (Å²) in [5.41, 5.74) is 6.80. The number of amides is 1. The van der Waals surface area contributed by atoms with Gasteiger partial charge in [0.05, 0.1) is 29.5 Å². The van der Waals surface area contributed by atoms with Gasteiger partial charge in [-0.15, -0.1) is 0 Å². The van der Waals surface area contributed by atoms with Gasteiger partial charge in [-0.1, -0.05) is 11.6 Å². The topological polar surface area (TPSA) is 67.6 Å². The molecule has 0 aliphatic carbocycles. The summed E-state index contributed by atoms with van der Waals surface area (Å²) < 4.78 is 5.64. The Hall–Kier alpha value is -1.30. The van der Waals surface area contributed by atoms with Crippen LogP contribution in [0.3, 0.4) is 0 Å². The lowest BCUT2D eigenvalue weighted by molar-refractivity contribution is -0.121. The molecular weight excluding hydrogens is 278 g/mol. The highest BCUT2D eigenvalue weighted by atomic mass is 35.5. The van der Waals surface area contributed by atoms with Crippen LogP contribution in [0.1, 0.15) is 13.8 Å². The molecule has 1 aliphatic heterocycles. The van der Waals surface area contributed by atoms with Gasteiger partial charge in [0.2, 0.25) is 5.91 Å². The molecule has 0 bridgehead atoms. The van der Waals surface area contributed by atoms with E-state index >= 15 is 0 Å². The van der Waals surface area contributed by atoms with Gasteiger partial charge in [-0.2, -0.15) is 0 Å². The van der Waals surface area contributed by atoms with E-state index in [9.17, 15) is 4.79 Å². The number of carbonyl (C=O) groups excluding carboxylic acids is 1. The van der Waals surface area contributed by atoms with Crippen LogP contribution in [0.25, 0.3) is 0 Å². The smallest absolute Gasteiger partial charge is 0.238 e. The SMILES string of the molecule is CC1CN(CC(=O)Nc2cc(N)ccc2Cl)CC(C)O1. The van der Waals surface area contributed by atoms with Crippen LogP contribution < -0.4 is 11.1 Å². The standard InChI is InChI=1S/C14H20ClN3O2/c1-9-6-18(7-10(2)20-9)8-14(19)17-13-5-11(16)3-4-12(13)15/h3-5,9-10H,6-8,16H2,1-2H3,(H,17,19). The summed E-state index contributed by atoms with van der Waals surface area (Å²) in [6, 6.07) is 5.03. The van der Waals surface area contributed by atoms with E-state index in [1.807, 2.05) is 13.8 Å². The van der Waals surface area contributed by atoms with E-state index < -0.39 is 0 Å². The lowest BCUT2D eigenvalue weighted by Crippen LogP contribution is -2.48. The molecular formula is C14H20ClN3O2. The lowest BCUT2D eigenvalue weighted by atomic mass is 10.2. The molecule has 3 N–H and O–H groups in total. The molecule has 0 spiro atoms. The van der Waals surface area contributed by atoms with Crippen LogP contribution >= 0.6 is 11.6 Å². The number of ether oxygens (including phenoxy) is 1. The number of hydrogen-bond donors (Lipinski definition) is 2. The Morgan fingerprint density at radius 2 is 2.10 bits per heavy atom. The number of nitrogen functional groups attached to an aromatic ring is 1. The monoisotopic (exact) mass is 297 g/mol. The maximum atomic E-state index is 12.1. The summed E-state index contributed by atoms with van der Waals surface area (Å²) in [6.45, 7) is 5.85. The van der Waals surface area contributed by atoms with Crippen molar-refractivity contribution in [2.45, 2.75) is 26.1 Å². The Kier molecular flexibility index (Phi) is 4.86. The number of nitrogens with two attached hydrogens (primary N) is 1. The van der Waals surface area contributed by atoms with Crippen LogP contribution in [-0.2, 0) is 9.53 Å². The molecule has 2 atom stereocenters. The first kappa shape index (κ1) is 15.1. The lowest BCUT2D eigenvalue weighted by Gasteiger charge is -2.34. The zero-order valence-electron chi connectivity index (χ0n) is 11.7.